The number of carboxylic acid groups (broad SMARTS) is 1. The molecule has 1 aromatic carbocycles. The van der Waals surface area contributed by atoms with E-state index in [1.165, 1.54) is 30.4 Å². The Kier molecular flexibility index (Phi) is 4.27. The summed E-state index contributed by atoms with van der Waals surface area (Å²) in [4.78, 5) is 10.6. The summed E-state index contributed by atoms with van der Waals surface area (Å²) in [6.45, 7) is 2.53. The minimum Gasteiger partial charge on any atom is -0.493 e. The highest BCUT2D eigenvalue weighted by molar-refractivity contribution is 5.66. The van der Waals surface area contributed by atoms with E-state index >= 15 is 0 Å². The van der Waals surface area contributed by atoms with Crippen LogP contribution in [0.1, 0.15) is 62.5 Å². The highest BCUT2D eigenvalue weighted by atomic mass is 16.5. The Hall–Kier alpha value is -1.55. The summed E-state index contributed by atoms with van der Waals surface area (Å²) in [6.07, 6.45) is 6.60. The minimum atomic E-state index is -0.829. The highest BCUT2D eigenvalue weighted by Crippen LogP contribution is 2.60. The lowest BCUT2D eigenvalue weighted by atomic mass is 9.55. The van der Waals surface area contributed by atoms with Crippen molar-refractivity contribution in [3.63, 3.8) is 0 Å². The molecule has 3 aliphatic rings. The summed E-state index contributed by atoms with van der Waals surface area (Å²) >= 11 is 0. The third kappa shape index (κ3) is 2.84. The summed E-state index contributed by atoms with van der Waals surface area (Å²) in [7, 11) is 0. The second-order valence-corrected chi connectivity index (χ2v) is 8.41. The van der Waals surface area contributed by atoms with Gasteiger partial charge in [0, 0.05) is 0 Å². The topological polar surface area (TPSA) is 66.8 Å². The van der Waals surface area contributed by atoms with Gasteiger partial charge in [-0.15, -0.1) is 0 Å². The number of aliphatic hydroxyl groups is 1. The van der Waals surface area contributed by atoms with Crippen molar-refractivity contribution < 1.29 is 19.7 Å². The van der Waals surface area contributed by atoms with Crippen molar-refractivity contribution in [1.82, 2.24) is 0 Å². The van der Waals surface area contributed by atoms with E-state index in [1.54, 1.807) is 0 Å². The number of aliphatic carboxylic acids is 1. The summed E-state index contributed by atoms with van der Waals surface area (Å²) in [5, 5.41) is 19.2. The van der Waals surface area contributed by atoms with Crippen LogP contribution in [0.15, 0.2) is 18.2 Å². The predicted molar refractivity (Wildman–Crippen MR) is 94.8 cm³/mol. The molecule has 0 aliphatic heterocycles. The average Bonchev–Trinajstić information content (AvgIpc) is 2.89. The van der Waals surface area contributed by atoms with Crippen LogP contribution in [0.3, 0.4) is 0 Å². The molecule has 3 aliphatic carbocycles. The van der Waals surface area contributed by atoms with E-state index in [0.717, 1.165) is 25.0 Å². The number of carbonyl (C=O) groups is 1. The van der Waals surface area contributed by atoms with Gasteiger partial charge in [-0.2, -0.15) is 0 Å². The van der Waals surface area contributed by atoms with Crippen LogP contribution in [-0.2, 0) is 11.2 Å². The lowest BCUT2D eigenvalue weighted by Gasteiger charge is -2.50. The third-order valence-corrected chi connectivity index (χ3v) is 7.23. The van der Waals surface area contributed by atoms with Gasteiger partial charge in [0.1, 0.15) is 5.75 Å². The zero-order chi connectivity index (χ0) is 17.6. The van der Waals surface area contributed by atoms with Crippen molar-refractivity contribution in [2.45, 2.75) is 63.9 Å². The number of rotatable bonds is 4. The van der Waals surface area contributed by atoms with Crippen LogP contribution < -0.4 is 4.74 Å². The second kappa shape index (κ2) is 6.31. The zero-order valence-electron chi connectivity index (χ0n) is 14.9. The quantitative estimate of drug-likeness (QED) is 0.873. The van der Waals surface area contributed by atoms with Crippen molar-refractivity contribution in [2.75, 3.05) is 6.61 Å². The van der Waals surface area contributed by atoms with E-state index in [4.69, 9.17) is 9.84 Å². The van der Waals surface area contributed by atoms with Gasteiger partial charge >= 0.3 is 5.97 Å². The number of carboxylic acids is 1. The first-order chi connectivity index (χ1) is 12.0. The van der Waals surface area contributed by atoms with Crippen molar-refractivity contribution in [1.29, 1.82) is 0 Å². The molecule has 0 spiro atoms. The van der Waals surface area contributed by atoms with Gasteiger partial charge < -0.3 is 14.9 Å². The number of aryl methyl sites for hydroxylation is 1. The van der Waals surface area contributed by atoms with E-state index in [0.29, 0.717) is 17.8 Å². The van der Waals surface area contributed by atoms with E-state index in [9.17, 15) is 9.90 Å². The normalized spacial score (nSPS) is 36.2. The van der Waals surface area contributed by atoms with Crippen molar-refractivity contribution in [3.05, 3.63) is 29.3 Å². The van der Waals surface area contributed by atoms with Crippen molar-refractivity contribution in [3.8, 4) is 5.75 Å². The fraction of sp³-hybridized carbons (Fsp3) is 0.667. The van der Waals surface area contributed by atoms with Crippen molar-refractivity contribution in [2.24, 2.45) is 17.3 Å². The molecule has 25 heavy (non-hydrogen) atoms. The van der Waals surface area contributed by atoms with Gasteiger partial charge in [-0.25, -0.2) is 0 Å². The summed E-state index contributed by atoms with van der Waals surface area (Å²) in [5.74, 6) is 1.92. The van der Waals surface area contributed by atoms with E-state index in [-0.39, 0.29) is 24.5 Å². The van der Waals surface area contributed by atoms with Crippen LogP contribution in [0, 0.1) is 17.3 Å². The Bertz CT molecular complexity index is 670. The molecule has 4 rings (SSSR count). The molecule has 0 heterocycles. The molecule has 0 bridgehead atoms. The largest absolute Gasteiger partial charge is 0.493 e. The Morgan fingerprint density at radius 3 is 2.92 bits per heavy atom. The molecule has 0 saturated heterocycles. The average molecular weight is 344 g/mol. The van der Waals surface area contributed by atoms with Crippen molar-refractivity contribution >= 4 is 5.97 Å². The zero-order valence-corrected chi connectivity index (χ0v) is 14.9. The maximum atomic E-state index is 10.6. The van der Waals surface area contributed by atoms with Crippen LogP contribution in [0.25, 0.3) is 0 Å². The van der Waals surface area contributed by atoms with Gasteiger partial charge in [-0.05, 0) is 85.0 Å². The van der Waals surface area contributed by atoms with Gasteiger partial charge in [0.05, 0.1) is 19.1 Å². The smallest absolute Gasteiger partial charge is 0.306 e. The summed E-state index contributed by atoms with van der Waals surface area (Å²) in [5.41, 5.74) is 2.96. The van der Waals surface area contributed by atoms with Crippen LogP contribution in [0.5, 0.6) is 5.75 Å². The standard InChI is InChI=1S/C21H28O4/c1-21-10-8-16-15-5-3-14(25-11-9-20(23)24)12-13(15)2-4-17(16)18(21)6-7-19(21)22/h3,5,12,16-19,22H,2,4,6-11H2,1H3,(H,23,24)/t16?,17?,18?,19-,21-/m0/s1. The monoisotopic (exact) mass is 344 g/mol. The summed E-state index contributed by atoms with van der Waals surface area (Å²) in [6, 6.07) is 6.32. The van der Waals surface area contributed by atoms with E-state index in [2.05, 4.69) is 19.1 Å². The van der Waals surface area contributed by atoms with Gasteiger partial charge in [0.25, 0.3) is 0 Å². The van der Waals surface area contributed by atoms with Crippen LogP contribution in [-0.4, -0.2) is 28.9 Å². The Morgan fingerprint density at radius 1 is 1.28 bits per heavy atom. The molecule has 4 nitrogen and oxygen atoms in total. The maximum Gasteiger partial charge on any atom is 0.306 e. The second-order valence-electron chi connectivity index (χ2n) is 8.41. The lowest BCUT2D eigenvalue weighted by molar-refractivity contribution is -0.137. The first-order valence-corrected chi connectivity index (χ1v) is 9.64. The number of hydrogen-bond donors (Lipinski definition) is 2. The van der Waals surface area contributed by atoms with Crippen LogP contribution >= 0.6 is 0 Å². The molecule has 4 heteroatoms. The van der Waals surface area contributed by atoms with Gasteiger partial charge in [0.2, 0.25) is 0 Å². The molecule has 0 radical (unpaired) electrons. The van der Waals surface area contributed by atoms with Crippen LogP contribution in [0.4, 0.5) is 0 Å². The molecule has 0 amide bonds. The first-order valence-electron chi connectivity index (χ1n) is 9.64. The van der Waals surface area contributed by atoms with E-state index in [1.807, 2.05) is 6.07 Å². The van der Waals surface area contributed by atoms with Gasteiger partial charge in [-0.3, -0.25) is 4.79 Å². The molecule has 1 aromatic rings. The first kappa shape index (κ1) is 16.9. The minimum absolute atomic E-state index is 0.0321. The highest BCUT2D eigenvalue weighted by Gasteiger charge is 2.54. The molecule has 2 N–H and O–H groups in total. The fourth-order valence-corrected chi connectivity index (χ4v) is 5.88. The molecular weight excluding hydrogens is 316 g/mol. The Morgan fingerprint density at radius 2 is 2.12 bits per heavy atom. The number of hydrogen-bond acceptors (Lipinski definition) is 3. The molecule has 0 aromatic heterocycles. The number of benzene rings is 1. The molecular formula is C21H28O4. The molecule has 3 unspecified atom stereocenters. The maximum absolute atomic E-state index is 10.6. The molecule has 2 saturated carbocycles. The van der Waals surface area contributed by atoms with E-state index < -0.39 is 5.97 Å². The number of fused-ring (bicyclic) bond motifs is 5. The number of aliphatic hydroxyl groups excluding tert-OH is 1. The fourth-order valence-electron chi connectivity index (χ4n) is 5.88. The Labute approximate surface area is 149 Å². The predicted octanol–water partition coefficient (Wildman–Crippen LogP) is 3.76. The molecule has 5 atom stereocenters. The Balaban J connectivity index is 1.52. The third-order valence-electron chi connectivity index (χ3n) is 7.23. The lowest BCUT2D eigenvalue weighted by Crippen LogP contribution is -2.43. The SMILES string of the molecule is C[C@]12CCC3c4ccc(OCCC(=O)O)cc4CCC3C1CC[C@@H]2O. The van der Waals surface area contributed by atoms with Gasteiger partial charge in [-0.1, -0.05) is 13.0 Å². The summed E-state index contributed by atoms with van der Waals surface area (Å²) < 4.78 is 5.60. The van der Waals surface area contributed by atoms with Gasteiger partial charge in [0.15, 0.2) is 0 Å². The number of ether oxygens (including phenoxy) is 1. The van der Waals surface area contributed by atoms with Crippen LogP contribution in [0.2, 0.25) is 0 Å². The molecule has 2 fully saturated rings. The molecule has 136 valence electrons.